The standard InChI is InChI=1S/C46H26N2S2/c1-3-9-35-33(7-1)43(31-15-18-40-30(24-31)21-23-49-40)34-8-2-4-10-36(34)44(35)32-16-20-42-38(26-32)37-25-29(14-19-41(37)50-42)39-17-13-28-12-11-27-6-5-22-47-45(27)46(28)48-39/h1-26H. The molecule has 0 bridgehead atoms. The van der Waals surface area contributed by atoms with Gasteiger partial charge >= 0.3 is 0 Å². The minimum Gasteiger partial charge on any atom is -0.254 e. The molecule has 0 amide bonds. The molecule has 0 saturated carbocycles. The first kappa shape index (κ1) is 28.0. The van der Waals surface area contributed by atoms with E-state index in [0.29, 0.717) is 0 Å². The Morgan fingerprint density at radius 2 is 0.980 bits per heavy atom. The molecular formula is C46H26N2S2. The van der Waals surface area contributed by atoms with Crippen molar-refractivity contribution in [3.05, 3.63) is 157 Å². The zero-order valence-corrected chi connectivity index (χ0v) is 28.4. The molecule has 0 radical (unpaired) electrons. The third-order valence-electron chi connectivity index (χ3n) is 10.2. The molecule has 0 N–H and O–H groups in total. The number of fused-ring (bicyclic) bond motifs is 9. The van der Waals surface area contributed by atoms with Gasteiger partial charge in [0.05, 0.1) is 16.7 Å². The first-order chi connectivity index (χ1) is 24.8. The molecule has 2 nitrogen and oxygen atoms in total. The summed E-state index contributed by atoms with van der Waals surface area (Å²) in [4.78, 5) is 9.85. The molecular weight excluding hydrogens is 645 g/mol. The fourth-order valence-electron chi connectivity index (χ4n) is 7.85. The van der Waals surface area contributed by atoms with Crippen LogP contribution in [0.2, 0.25) is 0 Å². The van der Waals surface area contributed by atoms with Crippen LogP contribution in [0.4, 0.5) is 0 Å². The third kappa shape index (κ3) is 4.19. The third-order valence-corrected chi connectivity index (χ3v) is 12.2. The van der Waals surface area contributed by atoms with Crippen LogP contribution < -0.4 is 0 Å². The first-order valence-electron chi connectivity index (χ1n) is 16.8. The van der Waals surface area contributed by atoms with Crippen molar-refractivity contribution in [1.82, 2.24) is 9.97 Å². The van der Waals surface area contributed by atoms with Crippen molar-refractivity contribution in [2.45, 2.75) is 0 Å². The number of nitrogens with zero attached hydrogens (tertiary/aromatic N) is 2. The maximum atomic E-state index is 5.17. The molecule has 0 unspecified atom stereocenters. The lowest BCUT2D eigenvalue weighted by atomic mass is 9.85. The molecule has 0 aliphatic carbocycles. The van der Waals surface area contributed by atoms with Crippen molar-refractivity contribution in [3.63, 3.8) is 0 Å². The molecule has 4 heteroatoms. The normalized spacial score (nSPS) is 12.0. The van der Waals surface area contributed by atoms with E-state index in [1.54, 1.807) is 11.3 Å². The molecule has 11 aromatic rings. The lowest BCUT2D eigenvalue weighted by Crippen LogP contribution is -1.90. The maximum Gasteiger partial charge on any atom is 0.0972 e. The van der Waals surface area contributed by atoms with Gasteiger partial charge in [0.25, 0.3) is 0 Å². The van der Waals surface area contributed by atoms with Gasteiger partial charge in [0.15, 0.2) is 0 Å². The van der Waals surface area contributed by atoms with Crippen LogP contribution in [-0.4, -0.2) is 9.97 Å². The molecule has 4 aromatic heterocycles. The van der Waals surface area contributed by atoms with Gasteiger partial charge in [0.1, 0.15) is 0 Å². The van der Waals surface area contributed by atoms with E-state index < -0.39 is 0 Å². The number of aromatic nitrogens is 2. The summed E-state index contributed by atoms with van der Waals surface area (Å²) in [5.74, 6) is 0. The number of pyridine rings is 2. The Morgan fingerprint density at radius 3 is 1.68 bits per heavy atom. The van der Waals surface area contributed by atoms with Crippen LogP contribution in [0.5, 0.6) is 0 Å². The Morgan fingerprint density at radius 1 is 0.400 bits per heavy atom. The molecule has 232 valence electrons. The number of hydrogen-bond donors (Lipinski definition) is 0. The van der Waals surface area contributed by atoms with E-state index in [-0.39, 0.29) is 0 Å². The fourth-order valence-corrected chi connectivity index (χ4v) is 9.69. The predicted molar refractivity (Wildman–Crippen MR) is 217 cm³/mol. The van der Waals surface area contributed by atoms with Gasteiger partial charge in [-0.1, -0.05) is 91.0 Å². The van der Waals surface area contributed by atoms with Crippen LogP contribution in [0.3, 0.4) is 0 Å². The fraction of sp³-hybridized carbons (Fsp3) is 0. The highest BCUT2D eigenvalue weighted by Gasteiger charge is 2.18. The highest BCUT2D eigenvalue weighted by atomic mass is 32.1. The summed E-state index contributed by atoms with van der Waals surface area (Å²) in [5, 5.41) is 13.3. The summed E-state index contributed by atoms with van der Waals surface area (Å²) in [6.07, 6.45) is 1.85. The highest BCUT2D eigenvalue weighted by molar-refractivity contribution is 7.25. The second-order valence-electron chi connectivity index (χ2n) is 12.9. The Kier molecular flexibility index (Phi) is 6.03. The molecule has 50 heavy (non-hydrogen) atoms. The average Bonchev–Trinajstić information content (AvgIpc) is 3.80. The van der Waals surface area contributed by atoms with Crippen LogP contribution in [0.25, 0.3) is 107 Å². The van der Waals surface area contributed by atoms with E-state index in [2.05, 4.69) is 150 Å². The Hall–Kier alpha value is -5.94. The summed E-state index contributed by atoms with van der Waals surface area (Å²) < 4.78 is 3.89. The van der Waals surface area contributed by atoms with Crippen molar-refractivity contribution in [2.24, 2.45) is 0 Å². The minimum atomic E-state index is 0.940. The lowest BCUT2D eigenvalue weighted by Gasteiger charge is -2.18. The number of hydrogen-bond acceptors (Lipinski definition) is 4. The molecule has 11 rings (SSSR count). The van der Waals surface area contributed by atoms with Gasteiger partial charge in [-0.15, -0.1) is 22.7 Å². The molecule has 4 heterocycles. The quantitative estimate of drug-likeness (QED) is 0.138. The minimum absolute atomic E-state index is 0.940. The van der Waals surface area contributed by atoms with Gasteiger partial charge < -0.3 is 0 Å². The van der Waals surface area contributed by atoms with Crippen LogP contribution in [0, 0.1) is 0 Å². The second kappa shape index (κ2) is 10.8. The summed E-state index contributed by atoms with van der Waals surface area (Å²) in [7, 11) is 0. The molecule has 7 aromatic carbocycles. The molecule has 0 aliphatic rings. The predicted octanol–water partition coefficient (Wildman–Crippen LogP) is 13.7. The van der Waals surface area contributed by atoms with Crippen molar-refractivity contribution in [2.75, 3.05) is 0 Å². The van der Waals surface area contributed by atoms with Gasteiger partial charge in [0.2, 0.25) is 0 Å². The van der Waals surface area contributed by atoms with Crippen molar-refractivity contribution < 1.29 is 0 Å². The van der Waals surface area contributed by atoms with E-state index in [1.165, 1.54) is 74.1 Å². The van der Waals surface area contributed by atoms with Gasteiger partial charge in [-0.05, 0) is 109 Å². The van der Waals surface area contributed by atoms with Gasteiger partial charge in [-0.25, -0.2) is 4.98 Å². The van der Waals surface area contributed by atoms with Crippen molar-refractivity contribution in [1.29, 1.82) is 0 Å². The van der Waals surface area contributed by atoms with E-state index in [0.717, 1.165) is 33.1 Å². The van der Waals surface area contributed by atoms with Crippen LogP contribution >= 0.6 is 22.7 Å². The largest absolute Gasteiger partial charge is 0.254 e. The lowest BCUT2D eigenvalue weighted by molar-refractivity contribution is 1.37. The Labute approximate surface area is 295 Å². The SMILES string of the molecule is c1cnc2c(c1)ccc1ccc(-c3ccc4sc5ccc(-c6c7ccccc7c(-c7ccc8sccc8c7)c7ccccc67)cc5c4c3)nc12. The van der Waals surface area contributed by atoms with Crippen LogP contribution in [0.1, 0.15) is 0 Å². The smallest absolute Gasteiger partial charge is 0.0972 e. The van der Waals surface area contributed by atoms with Crippen molar-refractivity contribution in [3.8, 4) is 33.5 Å². The second-order valence-corrected chi connectivity index (χ2v) is 15.0. The van der Waals surface area contributed by atoms with Crippen LogP contribution in [-0.2, 0) is 0 Å². The maximum absolute atomic E-state index is 5.17. The molecule has 0 aliphatic heterocycles. The van der Waals surface area contributed by atoms with E-state index in [1.807, 2.05) is 23.6 Å². The number of rotatable bonds is 3. The summed E-state index contributed by atoms with van der Waals surface area (Å²) in [6, 6.07) is 53.4. The van der Waals surface area contributed by atoms with Crippen LogP contribution in [0.15, 0.2) is 157 Å². The van der Waals surface area contributed by atoms with E-state index in [9.17, 15) is 0 Å². The first-order valence-corrected chi connectivity index (χ1v) is 18.5. The number of thiophene rings is 2. The zero-order chi connectivity index (χ0) is 32.8. The molecule has 0 saturated heterocycles. The molecule has 0 spiro atoms. The highest BCUT2D eigenvalue weighted by Crippen LogP contribution is 2.46. The van der Waals surface area contributed by atoms with Gasteiger partial charge in [0, 0.05) is 47.4 Å². The molecule has 0 atom stereocenters. The number of benzene rings is 7. The van der Waals surface area contributed by atoms with E-state index in [4.69, 9.17) is 4.98 Å². The van der Waals surface area contributed by atoms with Gasteiger partial charge in [-0.2, -0.15) is 0 Å². The average molecular weight is 671 g/mol. The van der Waals surface area contributed by atoms with E-state index >= 15 is 0 Å². The summed E-state index contributed by atoms with van der Waals surface area (Å²) >= 11 is 3.65. The summed E-state index contributed by atoms with van der Waals surface area (Å²) in [6.45, 7) is 0. The Balaban J connectivity index is 1.12. The summed E-state index contributed by atoms with van der Waals surface area (Å²) in [5.41, 5.74) is 9.02. The van der Waals surface area contributed by atoms with Crippen molar-refractivity contribution >= 4 is 96.3 Å². The molecule has 0 fully saturated rings. The zero-order valence-electron chi connectivity index (χ0n) is 26.7. The monoisotopic (exact) mass is 670 g/mol. The Bertz CT molecular complexity index is 3110. The topological polar surface area (TPSA) is 25.8 Å². The van der Waals surface area contributed by atoms with Gasteiger partial charge in [-0.3, -0.25) is 4.98 Å².